The topological polar surface area (TPSA) is 94.0 Å². The normalized spacial score (nSPS) is 15.6. The van der Waals surface area contributed by atoms with E-state index in [0.717, 1.165) is 28.1 Å². The lowest BCUT2D eigenvalue weighted by Crippen LogP contribution is -2.27. The fourth-order valence-corrected chi connectivity index (χ4v) is 3.80. The number of benzene rings is 1. The van der Waals surface area contributed by atoms with Gasteiger partial charge in [0, 0.05) is 17.0 Å². The summed E-state index contributed by atoms with van der Waals surface area (Å²) in [5.74, 6) is -0.219. The van der Waals surface area contributed by atoms with Gasteiger partial charge in [-0.1, -0.05) is 16.8 Å². The predicted molar refractivity (Wildman–Crippen MR) is 92.3 cm³/mol. The van der Waals surface area contributed by atoms with Gasteiger partial charge < -0.3 is 15.6 Å². The second-order valence-corrected chi connectivity index (χ2v) is 7.52. The van der Waals surface area contributed by atoms with Crippen molar-refractivity contribution in [2.75, 3.05) is 6.54 Å². The first-order chi connectivity index (χ1) is 11.6. The van der Waals surface area contributed by atoms with Crippen LogP contribution in [0.15, 0.2) is 29.0 Å². The van der Waals surface area contributed by atoms with E-state index in [1.807, 2.05) is 18.2 Å². The molecule has 1 amide bonds. The van der Waals surface area contributed by atoms with Gasteiger partial charge in [0.05, 0.1) is 16.8 Å². The molecular formula is C16H15ClN4O2S. The van der Waals surface area contributed by atoms with Crippen molar-refractivity contribution in [2.24, 2.45) is 5.73 Å². The lowest BCUT2D eigenvalue weighted by Gasteiger charge is -2.10. The number of thiazole rings is 1. The Bertz CT molecular complexity index is 916. The first kappa shape index (κ1) is 15.6. The molecule has 4 rings (SSSR count). The molecule has 1 aromatic carbocycles. The van der Waals surface area contributed by atoms with E-state index in [9.17, 15) is 4.79 Å². The minimum atomic E-state index is -0.219. The van der Waals surface area contributed by atoms with Crippen molar-refractivity contribution in [3.05, 3.63) is 45.7 Å². The highest BCUT2D eigenvalue weighted by Gasteiger charge is 2.47. The maximum atomic E-state index is 12.5. The van der Waals surface area contributed by atoms with Gasteiger partial charge >= 0.3 is 0 Å². The third-order valence-electron chi connectivity index (χ3n) is 4.35. The number of rotatable bonds is 5. The molecule has 3 N–H and O–H groups in total. The molecule has 2 aromatic heterocycles. The molecule has 3 aromatic rings. The van der Waals surface area contributed by atoms with E-state index in [1.54, 1.807) is 0 Å². The Morgan fingerprint density at radius 3 is 3.04 bits per heavy atom. The summed E-state index contributed by atoms with van der Waals surface area (Å²) in [7, 11) is 0. The zero-order valence-corrected chi connectivity index (χ0v) is 14.3. The van der Waals surface area contributed by atoms with Crippen LogP contribution in [0.4, 0.5) is 0 Å². The van der Waals surface area contributed by atoms with Crippen molar-refractivity contribution in [2.45, 2.75) is 24.8 Å². The van der Waals surface area contributed by atoms with Gasteiger partial charge in [0.15, 0.2) is 0 Å². The van der Waals surface area contributed by atoms with E-state index in [-0.39, 0.29) is 11.3 Å². The summed E-state index contributed by atoms with van der Waals surface area (Å²) in [5, 5.41) is 8.34. The first-order valence-electron chi connectivity index (χ1n) is 7.59. The second kappa shape index (κ2) is 5.84. The van der Waals surface area contributed by atoms with Crippen LogP contribution in [0.1, 0.15) is 33.9 Å². The molecule has 1 aliphatic rings. The molecule has 1 aliphatic carbocycles. The largest absolute Gasteiger partial charge is 0.364 e. The van der Waals surface area contributed by atoms with Crippen molar-refractivity contribution in [3.8, 4) is 0 Å². The van der Waals surface area contributed by atoms with E-state index in [2.05, 4.69) is 15.5 Å². The Labute approximate surface area is 147 Å². The van der Waals surface area contributed by atoms with Gasteiger partial charge in [-0.25, -0.2) is 4.98 Å². The smallest absolute Gasteiger partial charge is 0.256 e. The molecule has 0 saturated heterocycles. The van der Waals surface area contributed by atoms with Gasteiger partial charge in [-0.3, -0.25) is 4.79 Å². The lowest BCUT2D eigenvalue weighted by atomic mass is 9.99. The van der Waals surface area contributed by atoms with Gasteiger partial charge in [-0.05, 0) is 31.0 Å². The number of hydrogen-bond donors (Lipinski definition) is 2. The fraction of sp³-hybridized carbons (Fsp3) is 0.312. The van der Waals surface area contributed by atoms with Gasteiger partial charge in [0.25, 0.3) is 5.91 Å². The Morgan fingerprint density at radius 1 is 1.46 bits per heavy atom. The number of carbonyl (C=O) groups excluding carboxylic acids is 1. The van der Waals surface area contributed by atoms with E-state index < -0.39 is 0 Å². The SMILES string of the molecule is NCC1(c2nocc2C(=O)NCc2nc3cc(Cl)ccc3s2)CC1. The molecule has 24 heavy (non-hydrogen) atoms. The highest BCUT2D eigenvalue weighted by molar-refractivity contribution is 7.18. The number of halogens is 1. The Balaban J connectivity index is 1.49. The molecule has 1 saturated carbocycles. The minimum absolute atomic E-state index is 0.188. The van der Waals surface area contributed by atoms with Crippen LogP contribution in [-0.2, 0) is 12.0 Å². The quantitative estimate of drug-likeness (QED) is 0.727. The highest BCUT2D eigenvalue weighted by Crippen LogP contribution is 2.47. The van der Waals surface area contributed by atoms with E-state index in [4.69, 9.17) is 21.9 Å². The summed E-state index contributed by atoms with van der Waals surface area (Å²) in [4.78, 5) is 17.0. The number of nitrogens with two attached hydrogens (primary N) is 1. The minimum Gasteiger partial charge on any atom is -0.364 e. The zero-order chi connectivity index (χ0) is 16.7. The number of nitrogens with zero attached hydrogens (tertiary/aromatic N) is 2. The fourth-order valence-electron chi connectivity index (χ4n) is 2.74. The molecular weight excluding hydrogens is 348 g/mol. The third-order valence-corrected chi connectivity index (χ3v) is 5.63. The van der Waals surface area contributed by atoms with Crippen LogP contribution in [-0.4, -0.2) is 22.6 Å². The van der Waals surface area contributed by atoms with Gasteiger partial charge in [-0.15, -0.1) is 11.3 Å². The van der Waals surface area contributed by atoms with Crippen molar-refractivity contribution >= 4 is 39.1 Å². The molecule has 124 valence electrons. The van der Waals surface area contributed by atoms with E-state index >= 15 is 0 Å². The van der Waals surface area contributed by atoms with Crippen LogP contribution in [0.25, 0.3) is 10.2 Å². The number of amides is 1. The van der Waals surface area contributed by atoms with Crippen LogP contribution in [0.5, 0.6) is 0 Å². The monoisotopic (exact) mass is 362 g/mol. The molecule has 0 radical (unpaired) electrons. The van der Waals surface area contributed by atoms with Gasteiger partial charge in [0.1, 0.15) is 22.5 Å². The number of hydrogen-bond acceptors (Lipinski definition) is 6. The highest BCUT2D eigenvalue weighted by atomic mass is 35.5. The van der Waals surface area contributed by atoms with Crippen molar-refractivity contribution < 1.29 is 9.32 Å². The average Bonchev–Trinajstić information content (AvgIpc) is 3.03. The van der Waals surface area contributed by atoms with Crippen LogP contribution in [0.2, 0.25) is 5.02 Å². The molecule has 2 heterocycles. The maximum absolute atomic E-state index is 12.5. The third kappa shape index (κ3) is 2.68. The summed E-state index contributed by atoms with van der Waals surface area (Å²) in [6.45, 7) is 0.814. The van der Waals surface area contributed by atoms with E-state index in [1.165, 1.54) is 17.6 Å². The number of carbonyl (C=O) groups is 1. The van der Waals surface area contributed by atoms with Crippen LogP contribution >= 0.6 is 22.9 Å². The van der Waals surface area contributed by atoms with Crippen LogP contribution in [0.3, 0.4) is 0 Å². The summed E-state index contributed by atoms with van der Waals surface area (Å²) >= 11 is 7.50. The Hall–Kier alpha value is -1.96. The number of aromatic nitrogens is 2. The first-order valence-corrected chi connectivity index (χ1v) is 8.79. The van der Waals surface area contributed by atoms with Crippen molar-refractivity contribution in [3.63, 3.8) is 0 Å². The molecule has 6 nitrogen and oxygen atoms in total. The predicted octanol–water partition coefficient (Wildman–Crippen LogP) is 2.86. The maximum Gasteiger partial charge on any atom is 0.256 e. The average molecular weight is 363 g/mol. The number of fused-ring (bicyclic) bond motifs is 1. The Morgan fingerprint density at radius 2 is 2.29 bits per heavy atom. The summed E-state index contributed by atoms with van der Waals surface area (Å²) in [6, 6.07) is 5.57. The molecule has 1 fully saturated rings. The Kier molecular flexibility index (Phi) is 3.79. The summed E-state index contributed by atoms with van der Waals surface area (Å²) < 4.78 is 6.05. The van der Waals surface area contributed by atoms with Crippen molar-refractivity contribution in [1.29, 1.82) is 0 Å². The zero-order valence-electron chi connectivity index (χ0n) is 12.7. The molecule has 0 spiro atoms. The summed E-state index contributed by atoms with van der Waals surface area (Å²) in [6.07, 6.45) is 3.27. The molecule has 0 aliphatic heterocycles. The standard InChI is InChI=1S/C16H15ClN4O2S/c17-9-1-2-12-11(5-9)20-13(24-12)6-19-15(22)10-7-23-21-14(10)16(8-18)3-4-16/h1-2,5,7H,3-4,6,8,18H2,(H,19,22). The molecule has 0 atom stereocenters. The number of nitrogens with one attached hydrogen (secondary N) is 1. The van der Waals surface area contributed by atoms with E-state index in [0.29, 0.717) is 29.4 Å². The molecule has 8 heteroatoms. The van der Waals surface area contributed by atoms with Crippen LogP contribution in [0, 0.1) is 0 Å². The molecule has 0 bridgehead atoms. The van der Waals surface area contributed by atoms with Gasteiger partial charge in [0.2, 0.25) is 0 Å². The lowest BCUT2D eigenvalue weighted by molar-refractivity contribution is 0.0949. The van der Waals surface area contributed by atoms with Crippen LogP contribution < -0.4 is 11.1 Å². The second-order valence-electron chi connectivity index (χ2n) is 5.96. The molecule has 0 unspecified atom stereocenters. The van der Waals surface area contributed by atoms with Gasteiger partial charge in [-0.2, -0.15) is 0 Å². The van der Waals surface area contributed by atoms with Crippen molar-refractivity contribution in [1.82, 2.24) is 15.5 Å². The summed E-state index contributed by atoms with van der Waals surface area (Å²) in [5.41, 5.74) is 7.59.